The van der Waals surface area contributed by atoms with Crippen molar-refractivity contribution in [3.8, 4) is 5.75 Å². The molecule has 1 heterocycles. The van der Waals surface area contributed by atoms with Crippen LogP contribution in [-0.4, -0.2) is 54.8 Å². The Morgan fingerprint density at radius 2 is 1.70 bits per heavy atom. The fourth-order valence-corrected chi connectivity index (χ4v) is 4.45. The van der Waals surface area contributed by atoms with Gasteiger partial charge >= 0.3 is 0 Å². The number of allylic oxidation sites excluding steroid dienone is 1. The molecule has 0 aliphatic carbocycles. The van der Waals surface area contributed by atoms with E-state index in [0.717, 1.165) is 48.1 Å². The molecule has 6 heteroatoms. The minimum absolute atomic E-state index is 0.162. The number of fused-ring (bicyclic) bond motifs is 1. The van der Waals surface area contributed by atoms with Gasteiger partial charge in [0.25, 0.3) is 0 Å². The Morgan fingerprint density at radius 1 is 0.946 bits per heavy atom. The van der Waals surface area contributed by atoms with Crippen molar-refractivity contribution in [2.75, 3.05) is 33.8 Å². The first-order chi connectivity index (χ1) is 18.1. The summed E-state index contributed by atoms with van der Waals surface area (Å²) in [4.78, 5) is 13.3. The van der Waals surface area contributed by atoms with Gasteiger partial charge in [0.2, 0.25) is 5.91 Å². The summed E-state index contributed by atoms with van der Waals surface area (Å²) in [6.07, 6.45) is 4.17. The Morgan fingerprint density at radius 3 is 2.43 bits per heavy atom. The average Bonchev–Trinajstić information content (AvgIpc) is 3.40. The zero-order valence-electron chi connectivity index (χ0n) is 22.0. The first kappa shape index (κ1) is 26.2. The van der Waals surface area contributed by atoms with Gasteiger partial charge in [0.05, 0.1) is 11.7 Å². The smallest absolute Gasteiger partial charge is 0.222 e. The highest BCUT2D eigenvalue weighted by atomic mass is 16.5. The Bertz CT molecular complexity index is 1320. The van der Waals surface area contributed by atoms with E-state index >= 15 is 0 Å². The summed E-state index contributed by atoms with van der Waals surface area (Å²) in [6, 6.07) is 25.4. The van der Waals surface area contributed by atoms with Crippen molar-refractivity contribution in [3.63, 3.8) is 0 Å². The van der Waals surface area contributed by atoms with E-state index in [1.165, 1.54) is 22.3 Å². The molecule has 0 aliphatic rings. The second-order valence-electron chi connectivity index (χ2n) is 9.26. The van der Waals surface area contributed by atoms with Crippen molar-refractivity contribution in [1.82, 2.24) is 20.4 Å². The van der Waals surface area contributed by atoms with Gasteiger partial charge < -0.3 is 15.0 Å². The zero-order valence-corrected chi connectivity index (χ0v) is 22.0. The molecular weight excluding hydrogens is 460 g/mol. The summed E-state index contributed by atoms with van der Waals surface area (Å²) in [5.74, 6) is 1.01. The van der Waals surface area contributed by atoms with Crippen LogP contribution in [0.1, 0.15) is 42.9 Å². The Hall–Kier alpha value is -3.90. The molecule has 0 unspecified atom stereocenters. The molecule has 0 saturated carbocycles. The topological polar surface area (TPSA) is 70.2 Å². The molecule has 0 atom stereocenters. The number of aromatic nitrogens is 2. The number of carbonyl (C=O) groups excluding carboxylic acids is 1. The lowest BCUT2D eigenvalue weighted by Crippen LogP contribution is -2.25. The third-order valence-corrected chi connectivity index (χ3v) is 6.44. The first-order valence-electron chi connectivity index (χ1n) is 12.9. The summed E-state index contributed by atoms with van der Waals surface area (Å²) < 4.78 is 5.96. The summed E-state index contributed by atoms with van der Waals surface area (Å²) in [5, 5.41) is 11.7. The second-order valence-corrected chi connectivity index (χ2v) is 9.26. The number of carbonyl (C=O) groups is 1. The number of nitrogens with zero attached hydrogens (tertiary/aromatic N) is 2. The third-order valence-electron chi connectivity index (χ3n) is 6.44. The second kappa shape index (κ2) is 12.9. The van der Waals surface area contributed by atoms with E-state index in [-0.39, 0.29) is 5.91 Å². The number of benzene rings is 3. The largest absolute Gasteiger partial charge is 0.492 e. The minimum atomic E-state index is 0.162. The molecule has 37 heavy (non-hydrogen) atoms. The molecule has 0 bridgehead atoms. The fraction of sp³-hybridized carbons (Fsp3) is 0.290. The van der Waals surface area contributed by atoms with Gasteiger partial charge in [-0.15, -0.1) is 0 Å². The van der Waals surface area contributed by atoms with E-state index in [9.17, 15) is 4.79 Å². The van der Waals surface area contributed by atoms with Crippen molar-refractivity contribution in [2.45, 2.75) is 26.2 Å². The summed E-state index contributed by atoms with van der Waals surface area (Å²) in [6.45, 7) is 4.32. The highest BCUT2D eigenvalue weighted by Crippen LogP contribution is 2.36. The van der Waals surface area contributed by atoms with Crippen LogP contribution in [0.4, 0.5) is 0 Å². The van der Waals surface area contributed by atoms with Crippen LogP contribution in [-0.2, 0) is 4.79 Å². The van der Waals surface area contributed by atoms with Crippen LogP contribution in [0.2, 0.25) is 0 Å². The maximum absolute atomic E-state index is 11.6. The Balaban J connectivity index is 1.47. The van der Waals surface area contributed by atoms with E-state index in [0.29, 0.717) is 13.0 Å². The van der Waals surface area contributed by atoms with Gasteiger partial charge in [0, 0.05) is 32.4 Å². The minimum Gasteiger partial charge on any atom is -0.492 e. The van der Waals surface area contributed by atoms with Gasteiger partial charge in [-0.2, -0.15) is 5.10 Å². The molecule has 0 aliphatic heterocycles. The molecule has 4 rings (SSSR count). The number of aromatic amines is 1. The van der Waals surface area contributed by atoms with Crippen molar-refractivity contribution in [2.24, 2.45) is 0 Å². The number of nitrogens with one attached hydrogen (secondary N) is 2. The van der Waals surface area contributed by atoms with Gasteiger partial charge in [-0.1, -0.05) is 55.5 Å². The highest BCUT2D eigenvalue weighted by Gasteiger charge is 2.14. The highest BCUT2D eigenvalue weighted by molar-refractivity contribution is 6.00. The van der Waals surface area contributed by atoms with Gasteiger partial charge in [-0.3, -0.25) is 9.89 Å². The van der Waals surface area contributed by atoms with E-state index in [1.54, 1.807) is 19.0 Å². The SMILES string of the molecule is CCC(=C(c1ccc(OCCNCCCC(=O)N(C)C)cc1)c1ccc2[nH]ncc2c1)c1ccccc1. The molecule has 0 radical (unpaired) electrons. The van der Waals surface area contributed by atoms with Crippen LogP contribution in [0.15, 0.2) is 79.0 Å². The average molecular weight is 497 g/mol. The molecule has 1 amide bonds. The third kappa shape index (κ3) is 6.86. The number of ether oxygens (including phenoxy) is 1. The lowest BCUT2D eigenvalue weighted by atomic mass is 9.88. The van der Waals surface area contributed by atoms with Crippen molar-refractivity contribution in [1.29, 1.82) is 0 Å². The van der Waals surface area contributed by atoms with Gasteiger partial charge in [-0.25, -0.2) is 0 Å². The van der Waals surface area contributed by atoms with Gasteiger partial charge in [-0.05, 0) is 71.5 Å². The molecule has 0 fully saturated rings. The molecule has 1 aromatic heterocycles. The van der Waals surface area contributed by atoms with Gasteiger partial charge in [0.15, 0.2) is 0 Å². The fourth-order valence-electron chi connectivity index (χ4n) is 4.45. The Kier molecular flexibility index (Phi) is 9.11. The predicted molar refractivity (Wildman–Crippen MR) is 151 cm³/mol. The predicted octanol–water partition coefficient (Wildman–Crippen LogP) is 5.77. The lowest BCUT2D eigenvalue weighted by Gasteiger charge is -2.17. The monoisotopic (exact) mass is 496 g/mol. The molecule has 0 spiro atoms. The van der Waals surface area contributed by atoms with E-state index in [2.05, 4.69) is 83.1 Å². The number of rotatable bonds is 12. The molecular formula is C31H36N4O2. The molecule has 4 aromatic rings. The number of hydrogen-bond donors (Lipinski definition) is 2. The van der Waals surface area contributed by atoms with Crippen LogP contribution >= 0.6 is 0 Å². The van der Waals surface area contributed by atoms with Crippen LogP contribution in [0, 0.1) is 0 Å². The first-order valence-corrected chi connectivity index (χ1v) is 12.9. The van der Waals surface area contributed by atoms with Crippen molar-refractivity contribution in [3.05, 3.63) is 95.7 Å². The number of amides is 1. The summed E-state index contributed by atoms with van der Waals surface area (Å²) in [7, 11) is 3.58. The number of hydrogen-bond acceptors (Lipinski definition) is 4. The van der Waals surface area contributed by atoms with Crippen LogP contribution in [0.25, 0.3) is 22.0 Å². The quantitative estimate of drug-likeness (QED) is 0.193. The number of H-pyrrole nitrogens is 1. The normalized spacial score (nSPS) is 11.9. The Labute approximate surface area is 219 Å². The van der Waals surface area contributed by atoms with Gasteiger partial charge in [0.1, 0.15) is 12.4 Å². The van der Waals surface area contributed by atoms with E-state index in [1.807, 2.05) is 18.3 Å². The van der Waals surface area contributed by atoms with Crippen LogP contribution in [0.3, 0.4) is 0 Å². The van der Waals surface area contributed by atoms with E-state index in [4.69, 9.17) is 4.74 Å². The maximum atomic E-state index is 11.6. The zero-order chi connectivity index (χ0) is 26.0. The van der Waals surface area contributed by atoms with Crippen LogP contribution < -0.4 is 10.1 Å². The standard InChI is InChI=1S/C31H36N4O2/c1-4-28(23-9-6-5-7-10-23)31(25-14-17-29-26(21-25)22-33-34-29)24-12-15-27(16-13-24)37-20-19-32-18-8-11-30(36)35(2)3/h5-7,9-10,12-17,21-22,32H,4,8,11,18-20H2,1-3H3,(H,33,34). The molecule has 0 saturated heterocycles. The lowest BCUT2D eigenvalue weighted by molar-refractivity contribution is -0.128. The van der Waals surface area contributed by atoms with Crippen molar-refractivity contribution >= 4 is 28.0 Å². The summed E-state index contributed by atoms with van der Waals surface area (Å²) >= 11 is 0. The van der Waals surface area contributed by atoms with E-state index < -0.39 is 0 Å². The molecule has 6 nitrogen and oxygen atoms in total. The molecule has 3 aromatic carbocycles. The summed E-state index contributed by atoms with van der Waals surface area (Å²) in [5.41, 5.74) is 7.10. The van der Waals surface area contributed by atoms with Crippen molar-refractivity contribution < 1.29 is 9.53 Å². The maximum Gasteiger partial charge on any atom is 0.222 e. The van der Waals surface area contributed by atoms with Crippen LogP contribution in [0.5, 0.6) is 5.75 Å². The molecule has 192 valence electrons. The molecule has 2 N–H and O–H groups in total.